The second kappa shape index (κ2) is 9.79. The van der Waals surface area contributed by atoms with Crippen LogP contribution in [0.4, 0.5) is 5.69 Å². The normalized spacial score (nSPS) is 11.1. The molecule has 0 aliphatic heterocycles. The van der Waals surface area contributed by atoms with E-state index in [9.17, 15) is 4.79 Å². The van der Waals surface area contributed by atoms with Gasteiger partial charge in [0.15, 0.2) is 0 Å². The van der Waals surface area contributed by atoms with Crippen LogP contribution in [0.3, 0.4) is 0 Å². The van der Waals surface area contributed by atoms with Crippen LogP contribution in [0.15, 0.2) is 11.0 Å². The molecule has 0 aromatic carbocycles. The molecule has 21 heavy (non-hydrogen) atoms. The lowest BCUT2D eigenvalue weighted by atomic mass is 10.3. The number of halogens is 1. The molecule has 1 heterocycles. The van der Waals surface area contributed by atoms with Gasteiger partial charge in [0.25, 0.3) is 5.56 Å². The fraction of sp³-hybridized carbons (Fsp3) is 0.733. The number of unbranched alkanes of at least 4 members (excludes halogenated alkanes) is 2. The SMILES string of the molecule is CCCCn1ncc(NCCCCOC(C)C)c(Cl)c1=O. The predicted octanol–water partition coefficient (Wildman–Crippen LogP) is 3.31. The summed E-state index contributed by atoms with van der Waals surface area (Å²) >= 11 is 6.10. The van der Waals surface area contributed by atoms with E-state index >= 15 is 0 Å². The van der Waals surface area contributed by atoms with E-state index in [4.69, 9.17) is 16.3 Å². The summed E-state index contributed by atoms with van der Waals surface area (Å²) in [4.78, 5) is 12.0. The van der Waals surface area contributed by atoms with Gasteiger partial charge in [-0.25, -0.2) is 4.68 Å². The highest BCUT2D eigenvalue weighted by molar-refractivity contribution is 6.32. The third-order valence-corrected chi connectivity index (χ3v) is 3.41. The van der Waals surface area contributed by atoms with Crippen molar-refractivity contribution in [1.82, 2.24) is 9.78 Å². The first kappa shape index (κ1) is 18.0. The highest BCUT2D eigenvalue weighted by Crippen LogP contribution is 2.15. The van der Waals surface area contributed by atoms with E-state index in [0.29, 0.717) is 12.2 Å². The summed E-state index contributed by atoms with van der Waals surface area (Å²) in [6.07, 6.45) is 5.78. The minimum atomic E-state index is -0.224. The fourth-order valence-corrected chi connectivity index (χ4v) is 2.04. The Bertz CT molecular complexity index is 474. The monoisotopic (exact) mass is 315 g/mol. The van der Waals surface area contributed by atoms with Crippen molar-refractivity contribution >= 4 is 17.3 Å². The fourth-order valence-electron chi connectivity index (χ4n) is 1.82. The van der Waals surface area contributed by atoms with E-state index < -0.39 is 0 Å². The number of aromatic nitrogens is 2. The molecule has 0 bridgehead atoms. The molecule has 1 aromatic rings. The molecule has 1 aromatic heterocycles. The minimum Gasteiger partial charge on any atom is -0.382 e. The summed E-state index contributed by atoms with van der Waals surface area (Å²) in [7, 11) is 0. The highest BCUT2D eigenvalue weighted by atomic mass is 35.5. The van der Waals surface area contributed by atoms with Crippen LogP contribution in [0.2, 0.25) is 5.02 Å². The Balaban J connectivity index is 2.42. The third-order valence-electron chi connectivity index (χ3n) is 3.05. The Hall–Kier alpha value is -1.07. The number of rotatable bonds is 10. The van der Waals surface area contributed by atoms with Gasteiger partial charge in [0, 0.05) is 19.7 Å². The van der Waals surface area contributed by atoms with E-state index in [0.717, 1.165) is 38.8 Å². The van der Waals surface area contributed by atoms with Crippen LogP contribution in [0.1, 0.15) is 46.5 Å². The van der Waals surface area contributed by atoms with Crippen LogP contribution >= 0.6 is 11.6 Å². The van der Waals surface area contributed by atoms with Gasteiger partial charge in [-0.15, -0.1) is 0 Å². The van der Waals surface area contributed by atoms with Gasteiger partial charge in [-0.1, -0.05) is 24.9 Å². The lowest BCUT2D eigenvalue weighted by Gasteiger charge is -2.10. The maximum Gasteiger partial charge on any atom is 0.287 e. The van der Waals surface area contributed by atoms with Crippen molar-refractivity contribution in [2.45, 2.75) is 59.1 Å². The van der Waals surface area contributed by atoms with E-state index in [2.05, 4.69) is 17.3 Å². The van der Waals surface area contributed by atoms with Crippen LogP contribution in [0.25, 0.3) is 0 Å². The van der Waals surface area contributed by atoms with Gasteiger partial charge in [0.2, 0.25) is 0 Å². The summed E-state index contributed by atoms with van der Waals surface area (Å²) in [5, 5.41) is 7.53. The van der Waals surface area contributed by atoms with Crippen molar-refractivity contribution in [3.8, 4) is 0 Å². The second-order valence-corrected chi connectivity index (χ2v) is 5.69. The van der Waals surface area contributed by atoms with Crippen LogP contribution in [-0.4, -0.2) is 29.0 Å². The Labute approximate surface area is 131 Å². The first-order chi connectivity index (χ1) is 10.1. The van der Waals surface area contributed by atoms with Gasteiger partial charge in [0.1, 0.15) is 5.02 Å². The molecule has 0 radical (unpaired) electrons. The Morgan fingerprint density at radius 2 is 2.14 bits per heavy atom. The molecular weight excluding hydrogens is 290 g/mol. The number of ether oxygens (including phenoxy) is 1. The smallest absolute Gasteiger partial charge is 0.287 e. The zero-order chi connectivity index (χ0) is 15.7. The molecule has 120 valence electrons. The van der Waals surface area contributed by atoms with Crippen molar-refractivity contribution in [3.63, 3.8) is 0 Å². The Kier molecular flexibility index (Phi) is 8.38. The molecule has 6 heteroatoms. The second-order valence-electron chi connectivity index (χ2n) is 5.31. The van der Waals surface area contributed by atoms with Gasteiger partial charge < -0.3 is 10.1 Å². The van der Waals surface area contributed by atoms with E-state index in [1.165, 1.54) is 4.68 Å². The number of hydrogen-bond acceptors (Lipinski definition) is 4. The van der Waals surface area contributed by atoms with Gasteiger partial charge >= 0.3 is 0 Å². The van der Waals surface area contributed by atoms with Crippen LogP contribution in [-0.2, 0) is 11.3 Å². The van der Waals surface area contributed by atoms with Gasteiger partial charge in [-0.2, -0.15) is 5.10 Å². The first-order valence-corrected chi connectivity index (χ1v) is 8.05. The number of nitrogens with one attached hydrogen (secondary N) is 1. The average Bonchev–Trinajstić information content (AvgIpc) is 2.45. The van der Waals surface area contributed by atoms with Crippen molar-refractivity contribution in [2.24, 2.45) is 0 Å². The van der Waals surface area contributed by atoms with Gasteiger partial charge in [0.05, 0.1) is 18.0 Å². The minimum absolute atomic E-state index is 0.222. The number of nitrogens with zero attached hydrogens (tertiary/aromatic N) is 2. The molecule has 1 rings (SSSR count). The molecule has 0 saturated carbocycles. The Morgan fingerprint density at radius 3 is 2.81 bits per heavy atom. The third kappa shape index (κ3) is 6.48. The molecular formula is C15H26ClN3O2. The predicted molar refractivity (Wildman–Crippen MR) is 87.2 cm³/mol. The van der Waals surface area contributed by atoms with Gasteiger partial charge in [-0.05, 0) is 33.1 Å². The maximum atomic E-state index is 12.0. The molecule has 0 aliphatic carbocycles. The lowest BCUT2D eigenvalue weighted by molar-refractivity contribution is 0.0765. The highest BCUT2D eigenvalue weighted by Gasteiger charge is 2.08. The van der Waals surface area contributed by atoms with Crippen molar-refractivity contribution in [2.75, 3.05) is 18.5 Å². The first-order valence-electron chi connectivity index (χ1n) is 7.67. The van der Waals surface area contributed by atoms with Crippen molar-refractivity contribution < 1.29 is 4.74 Å². The molecule has 1 N–H and O–H groups in total. The Morgan fingerprint density at radius 1 is 1.38 bits per heavy atom. The van der Waals surface area contributed by atoms with E-state index in [-0.39, 0.29) is 16.7 Å². The summed E-state index contributed by atoms with van der Waals surface area (Å²) in [6, 6.07) is 0. The van der Waals surface area contributed by atoms with Crippen molar-refractivity contribution in [3.05, 3.63) is 21.6 Å². The number of hydrogen-bond donors (Lipinski definition) is 1. The van der Waals surface area contributed by atoms with Crippen molar-refractivity contribution in [1.29, 1.82) is 0 Å². The lowest BCUT2D eigenvalue weighted by Crippen LogP contribution is -2.24. The molecule has 5 nitrogen and oxygen atoms in total. The van der Waals surface area contributed by atoms with Crippen LogP contribution in [0.5, 0.6) is 0 Å². The topological polar surface area (TPSA) is 56.1 Å². The van der Waals surface area contributed by atoms with E-state index in [1.807, 2.05) is 13.8 Å². The standard InChI is InChI=1S/C15H26ClN3O2/c1-4-5-9-19-15(20)14(16)13(11-18-19)17-8-6-7-10-21-12(2)3/h11-12,17H,4-10H2,1-3H3. The zero-order valence-electron chi connectivity index (χ0n) is 13.2. The van der Waals surface area contributed by atoms with E-state index in [1.54, 1.807) is 6.20 Å². The van der Waals surface area contributed by atoms with Gasteiger partial charge in [-0.3, -0.25) is 4.79 Å². The molecule has 0 unspecified atom stereocenters. The summed E-state index contributed by atoms with van der Waals surface area (Å²) < 4.78 is 6.89. The average molecular weight is 316 g/mol. The van der Waals surface area contributed by atoms with Crippen LogP contribution < -0.4 is 10.9 Å². The quantitative estimate of drug-likeness (QED) is 0.673. The molecule has 0 aliphatic rings. The molecule has 0 atom stereocenters. The van der Waals surface area contributed by atoms with Crippen LogP contribution in [0, 0.1) is 0 Å². The number of anilines is 1. The maximum absolute atomic E-state index is 12.0. The zero-order valence-corrected chi connectivity index (χ0v) is 13.9. The molecule has 0 amide bonds. The summed E-state index contributed by atoms with van der Waals surface area (Å²) in [6.45, 7) is 8.24. The summed E-state index contributed by atoms with van der Waals surface area (Å²) in [5.74, 6) is 0. The molecule has 0 saturated heterocycles. The summed E-state index contributed by atoms with van der Waals surface area (Å²) in [5.41, 5.74) is 0.387. The molecule has 0 fully saturated rings. The molecule has 0 spiro atoms. The number of aryl methyl sites for hydroxylation is 1. The largest absolute Gasteiger partial charge is 0.382 e.